The van der Waals surface area contributed by atoms with E-state index in [0.717, 1.165) is 0 Å². The van der Waals surface area contributed by atoms with Crippen molar-refractivity contribution in [1.29, 1.82) is 0 Å². The number of hydrogen-bond donors (Lipinski definition) is 0. The van der Waals surface area contributed by atoms with Crippen molar-refractivity contribution in [3.05, 3.63) is 71.8 Å². The van der Waals surface area contributed by atoms with Crippen LogP contribution >= 0.6 is 0 Å². The molecule has 0 aromatic heterocycles. The summed E-state index contributed by atoms with van der Waals surface area (Å²) in [5, 5.41) is 0. The highest BCUT2D eigenvalue weighted by atomic mass is 32.2. The molecule has 1 saturated heterocycles. The summed E-state index contributed by atoms with van der Waals surface area (Å²) in [6.07, 6.45) is -2.05. The van der Waals surface area contributed by atoms with Crippen molar-refractivity contribution in [1.82, 2.24) is 0 Å². The lowest BCUT2D eigenvalue weighted by Gasteiger charge is -2.19. The quantitative estimate of drug-likeness (QED) is 0.774. The van der Waals surface area contributed by atoms with Crippen molar-refractivity contribution in [2.75, 3.05) is 11.5 Å². The second-order valence-corrected chi connectivity index (χ2v) is 7.85. The molecule has 2 aromatic rings. The highest BCUT2D eigenvalue weighted by molar-refractivity contribution is 7.91. The third-order valence-electron chi connectivity index (χ3n) is 3.79. The van der Waals surface area contributed by atoms with Gasteiger partial charge in [-0.2, -0.15) is 0 Å². The van der Waals surface area contributed by atoms with E-state index in [4.69, 9.17) is 9.47 Å². The second-order valence-electron chi connectivity index (χ2n) is 5.70. The predicted molar refractivity (Wildman–Crippen MR) is 89.9 cm³/mol. The van der Waals surface area contributed by atoms with Crippen LogP contribution in [0, 0.1) is 0 Å². The average molecular weight is 360 g/mol. The van der Waals surface area contributed by atoms with E-state index in [1.165, 1.54) is 0 Å². The maximum atomic E-state index is 12.2. The molecule has 7 heteroatoms. The Balaban J connectivity index is 1.73. The van der Waals surface area contributed by atoms with Crippen molar-refractivity contribution >= 4 is 21.8 Å². The van der Waals surface area contributed by atoms with Crippen LogP contribution < -0.4 is 0 Å². The Kier molecular flexibility index (Phi) is 4.85. The lowest BCUT2D eigenvalue weighted by atomic mass is 10.2. The topological polar surface area (TPSA) is 86.7 Å². The molecule has 1 aliphatic rings. The first-order valence-electron chi connectivity index (χ1n) is 7.67. The number of ether oxygens (including phenoxy) is 2. The van der Waals surface area contributed by atoms with Crippen molar-refractivity contribution in [2.45, 2.75) is 12.2 Å². The molecule has 0 saturated carbocycles. The summed E-state index contributed by atoms with van der Waals surface area (Å²) < 4.78 is 34.4. The zero-order valence-electron chi connectivity index (χ0n) is 13.2. The average Bonchev–Trinajstić information content (AvgIpc) is 2.89. The lowest BCUT2D eigenvalue weighted by Crippen LogP contribution is -2.34. The van der Waals surface area contributed by atoms with Gasteiger partial charge in [-0.05, 0) is 24.3 Å². The first kappa shape index (κ1) is 17.2. The van der Waals surface area contributed by atoms with Crippen LogP contribution in [0.5, 0.6) is 0 Å². The standard InChI is InChI=1S/C18H16O6S/c19-17(13-7-3-1-4-8-13)23-15-11-25(21,22)12-16(15)24-18(20)14-9-5-2-6-10-14/h1-10,15-16H,11-12H2/t15-,16?/m0/s1. The molecule has 0 aliphatic carbocycles. The Bertz CT molecular complexity index is 793. The van der Waals surface area contributed by atoms with Gasteiger partial charge in [0, 0.05) is 0 Å². The smallest absolute Gasteiger partial charge is 0.338 e. The minimum Gasteiger partial charge on any atom is -0.454 e. The van der Waals surface area contributed by atoms with E-state index in [1.807, 2.05) is 0 Å². The van der Waals surface area contributed by atoms with Gasteiger partial charge in [-0.15, -0.1) is 0 Å². The normalized spacial score (nSPS) is 21.4. The minimum atomic E-state index is -3.45. The molecular formula is C18H16O6S. The van der Waals surface area contributed by atoms with Gasteiger partial charge in [0.05, 0.1) is 22.6 Å². The van der Waals surface area contributed by atoms with Crippen LogP contribution in [0.25, 0.3) is 0 Å². The third kappa shape index (κ3) is 4.24. The first-order chi connectivity index (χ1) is 11.9. The monoisotopic (exact) mass is 360 g/mol. The summed E-state index contributed by atoms with van der Waals surface area (Å²) in [5.41, 5.74) is 0.611. The fourth-order valence-corrected chi connectivity index (χ4v) is 4.27. The lowest BCUT2D eigenvalue weighted by molar-refractivity contribution is -0.0176. The van der Waals surface area contributed by atoms with Gasteiger partial charge >= 0.3 is 11.9 Å². The van der Waals surface area contributed by atoms with E-state index in [0.29, 0.717) is 11.1 Å². The molecule has 0 bridgehead atoms. The largest absolute Gasteiger partial charge is 0.454 e. The Morgan fingerprint density at radius 1 is 0.720 bits per heavy atom. The van der Waals surface area contributed by atoms with Crippen molar-refractivity contribution < 1.29 is 27.5 Å². The molecule has 1 aliphatic heterocycles. The molecular weight excluding hydrogens is 344 g/mol. The molecule has 3 rings (SSSR count). The Hall–Kier alpha value is -2.67. The summed E-state index contributed by atoms with van der Waals surface area (Å²) in [7, 11) is -3.45. The molecule has 1 fully saturated rings. The predicted octanol–water partition coefficient (Wildman–Crippen LogP) is 1.87. The van der Waals surface area contributed by atoms with Crippen molar-refractivity contribution in [3.8, 4) is 0 Å². The summed E-state index contributed by atoms with van der Waals surface area (Å²) in [6.45, 7) is 0. The number of benzene rings is 2. The Morgan fingerprint density at radius 2 is 1.08 bits per heavy atom. The van der Waals surface area contributed by atoms with Crippen LogP contribution in [0.1, 0.15) is 20.7 Å². The summed E-state index contributed by atoms with van der Waals surface area (Å²) >= 11 is 0. The molecule has 6 nitrogen and oxygen atoms in total. The van der Waals surface area contributed by atoms with Gasteiger partial charge in [-0.25, -0.2) is 18.0 Å². The number of rotatable bonds is 4. The second kappa shape index (κ2) is 7.06. The molecule has 0 spiro atoms. The maximum Gasteiger partial charge on any atom is 0.338 e. The highest BCUT2D eigenvalue weighted by Gasteiger charge is 2.43. The zero-order chi connectivity index (χ0) is 17.9. The van der Waals surface area contributed by atoms with E-state index in [1.54, 1.807) is 60.7 Å². The van der Waals surface area contributed by atoms with E-state index in [2.05, 4.69) is 0 Å². The van der Waals surface area contributed by atoms with Crippen LogP contribution in [-0.4, -0.2) is 44.1 Å². The number of carbonyl (C=O) groups is 2. The molecule has 0 N–H and O–H groups in total. The number of sulfone groups is 1. The van der Waals surface area contributed by atoms with Crippen molar-refractivity contribution in [3.63, 3.8) is 0 Å². The molecule has 25 heavy (non-hydrogen) atoms. The number of esters is 2. The van der Waals surface area contributed by atoms with E-state index in [-0.39, 0.29) is 11.5 Å². The van der Waals surface area contributed by atoms with E-state index in [9.17, 15) is 18.0 Å². The van der Waals surface area contributed by atoms with Crippen LogP contribution in [-0.2, 0) is 19.3 Å². The molecule has 0 amide bonds. The van der Waals surface area contributed by atoms with Gasteiger partial charge in [-0.3, -0.25) is 0 Å². The van der Waals surface area contributed by atoms with Crippen LogP contribution in [0.3, 0.4) is 0 Å². The van der Waals surface area contributed by atoms with Crippen LogP contribution in [0.15, 0.2) is 60.7 Å². The molecule has 1 unspecified atom stereocenters. The summed E-state index contributed by atoms with van der Waals surface area (Å²) in [5.74, 6) is -2.02. The Morgan fingerprint density at radius 3 is 1.44 bits per heavy atom. The molecule has 130 valence electrons. The van der Waals surface area contributed by atoms with Gasteiger partial charge < -0.3 is 9.47 Å². The number of carbonyl (C=O) groups excluding carboxylic acids is 2. The van der Waals surface area contributed by atoms with Gasteiger partial charge in [-0.1, -0.05) is 36.4 Å². The van der Waals surface area contributed by atoms with Crippen LogP contribution in [0.2, 0.25) is 0 Å². The van der Waals surface area contributed by atoms with Gasteiger partial charge in [0.25, 0.3) is 0 Å². The molecule has 2 aromatic carbocycles. The summed E-state index contributed by atoms with van der Waals surface area (Å²) in [4.78, 5) is 24.3. The number of hydrogen-bond acceptors (Lipinski definition) is 6. The third-order valence-corrected chi connectivity index (χ3v) is 5.46. The van der Waals surface area contributed by atoms with Crippen molar-refractivity contribution in [2.24, 2.45) is 0 Å². The molecule has 1 heterocycles. The molecule has 0 radical (unpaired) electrons. The van der Waals surface area contributed by atoms with Gasteiger partial charge in [0.2, 0.25) is 0 Å². The Labute approximate surface area is 145 Å². The van der Waals surface area contributed by atoms with E-state index >= 15 is 0 Å². The van der Waals surface area contributed by atoms with Gasteiger partial charge in [0.1, 0.15) is 0 Å². The SMILES string of the molecule is O=C(OC1CS(=O)(=O)C[C@@H]1OC(=O)c1ccccc1)c1ccccc1. The fourth-order valence-electron chi connectivity index (χ4n) is 2.56. The maximum absolute atomic E-state index is 12.2. The first-order valence-corrected chi connectivity index (χ1v) is 9.49. The fraction of sp³-hybridized carbons (Fsp3) is 0.222. The van der Waals surface area contributed by atoms with Crippen LogP contribution in [0.4, 0.5) is 0 Å². The minimum absolute atomic E-state index is 0.305. The zero-order valence-corrected chi connectivity index (χ0v) is 14.0. The molecule has 2 atom stereocenters. The van der Waals surface area contributed by atoms with E-state index < -0.39 is 34.0 Å². The van der Waals surface area contributed by atoms with Gasteiger partial charge in [0.15, 0.2) is 22.0 Å². The summed E-state index contributed by atoms with van der Waals surface area (Å²) in [6, 6.07) is 16.5. The highest BCUT2D eigenvalue weighted by Crippen LogP contribution is 2.21.